The van der Waals surface area contributed by atoms with Crippen molar-refractivity contribution in [1.29, 1.82) is 0 Å². The van der Waals surface area contributed by atoms with Crippen LogP contribution in [-0.2, 0) is 4.74 Å². The molecule has 1 aromatic carbocycles. The zero-order valence-electron chi connectivity index (χ0n) is 15.9. The number of nitrogens with two attached hydrogens (primary N) is 2. The number of benzene rings is 1. The monoisotopic (exact) mass is 382 g/mol. The molecule has 1 fully saturated rings. The Balaban J connectivity index is 1.65. The van der Waals surface area contributed by atoms with Crippen LogP contribution in [-0.4, -0.2) is 36.6 Å². The first-order valence-corrected chi connectivity index (χ1v) is 9.27. The summed E-state index contributed by atoms with van der Waals surface area (Å²) in [7, 11) is 1.63. The summed E-state index contributed by atoms with van der Waals surface area (Å²) in [6.07, 6.45) is 4.29. The van der Waals surface area contributed by atoms with Gasteiger partial charge in [0.15, 0.2) is 0 Å². The van der Waals surface area contributed by atoms with Crippen molar-refractivity contribution < 1.29 is 9.53 Å². The Morgan fingerprint density at radius 2 is 2.11 bits per heavy atom. The van der Waals surface area contributed by atoms with E-state index in [1.54, 1.807) is 13.2 Å². The number of amides is 2. The smallest absolute Gasteiger partial charge is 0.320 e. The summed E-state index contributed by atoms with van der Waals surface area (Å²) in [4.78, 5) is 21.1. The molecule has 1 aliphatic carbocycles. The van der Waals surface area contributed by atoms with E-state index >= 15 is 0 Å². The molecular weight excluding hydrogens is 356 g/mol. The lowest BCUT2D eigenvalue weighted by molar-refractivity contribution is 0.183. The molecule has 0 spiro atoms. The predicted molar refractivity (Wildman–Crippen MR) is 110 cm³/mol. The fourth-order valence-electron chi connectivity index (χ4n) is 2.78. The van der Waals surface area contributed by atoms with E-state index in [0.29, 0.717) is 42.0 Å². The summed E-state index contributed by atoms with van der Waals surface area (Å²) in [6.45, 7) is 0.527. The molecule has 1 aliphatic rings. The van der Waals surface area contributed by atoms with Crippen molar-refractivity contribution in [2.75, 3.05) is 24.8 Å². The van der Waals surface area contributed by atoms with Crippen LogP contribution in [0.25, 0.3) is 0 Å². The minimum Gasteiger partial charge on any atom is -0.398 e. The Morgan fingerprint density at radius 3 is 2.75 bits per heavy atom. The molecule has 2 aromatic rings. The summed E-state index contributed by atoms with van der Waals surface area (Å²) < 4.78 is 5.15. The van der Waals surface area contributed by atoms with Crippen LogP contribution in [0.4, 0.5) is 16.3 Å². The zero-order valence-corrected chi connectivity index (χ0v) is 15.9. The number of methoxy groups -OCH3 is 1. The third-order valence-corrected chi connectivity index (χ3v) is 4.44. The van der Waals surface area contributed by atoms with Gasteiger partial charge in [-0.15, -0.1) is 0 Å². The van der Waals surface area contributed by atoms with Gasteiger partial charge in [-0.1, -0.05) is 30.3 Å². The molecule has 2 amide bonds. The van der Waals surface area contributed by atoms with Crippen molar-refractivity contribution in [1.82, 2.24) is 10.3 Å². The third-order valence-electron chi connectivity index (χ3n) is 4.44. The van der Waals surface area contributed by atoms with E-state index in [0.717, 1.165) is 18.4 Å². The number of carbonyl (C=O) groups excluding carboxylic acids is 1. The lowest BCUT2D eigenvalue weighted by Gasteiger charge is -2.19. The van der Waals surface area contributed by atoms with Gasteiger partial charge >= 0.3 is 6.03 Å². The molecule has 8 heteroatoms. The summed E-state index contributed by atoms with van der Waals surface area (Å²) >= 11 is 0. The van der Waals surface area contributed by atoms with Crippen molar-refractivity contribution in [2.45, 2.75) is 31.3 Å². The first-order chi connectivity index (χ1) is 13.6. The van der Waals surface area contributed by atoms with Gasteiger partial charge in [0.1, 0.15) is 11.7 Å². The first kappa shape index (κ1) is 19.6. The number of anilines is 2. The molecule has 1 aromatic heterocycles. The number of nitrogens with zero attached hydrogens (tertiary/aromatic N) is 2. The number of carbonyl (C=O) groups is 1. The molecule has 1 saturated carbocycles. The minimum absolute atomic E-state index is 0.181. The number of amidine groups is 1. The lowest BCUT2D eigenvalue weighted by Crippen LogP contribution is -2.33. The van der Waals surface area contributed by atoms with Gasteiger partial charge < -0.3 is 21.5 Å². The molecule has 148 valence electrons. The number of rotatable bonds is 8. The Kier molecular flexibility index (Phi) is 6.44. The molecule has 1 heterocycles. The molecule has 8 nitrogen and oxygen atoms in total. The van der Waals surface area contributed by atoms with E-state index in [2.05, 4.69) is 20.6 Å². The number of urea groups is 1. The summed E-state index contributed by atoms with van der Waals surface area (Å²) in [6, 6.07) is 11.1. The molecule has 0 unspecified atom stereocenters. The van der Waals surface area contributed by atoms with Crippen molar-refractivity contribution >= 4 is 23.4 Å². The fraction of sp³-hybridized carbons (Fsp3) is 0.350. The third kappa shape index (κ3) is 5.43. The number of nitrogens with one attached hydrogen (secondary N) is 2. The molecule has 28 heavy (non-hydrogen) atoms. The van der Waals surface area contributed by atoms with Crippen LogP contribution < -0.4 is 22.1 Å². The van der Waals surface area contributed by atoms with Gasteiger partial charge in [-0.2, -0.15) is 0 Å². The molecule has 0 aliphatic heterocycles. The Labute approximate surface area is 164 Å². The maximum absolute atomic E-state index is 12.5. The normalized spacial score (nSPS) is 15.1. The average molecular weight is 382 g/mol. The van der Waals surface area contributed by atoms with Crippen molar-refractivity contribution in [3.63, 3.8) is 0 Å². The van der Waals surface area contributed by atoms with Crippen molar-refractivity contribution in [2.24, 2.45) is 10.7 Å². The molecule has 6 N–H and O–H groups in total. The van der Waals surface area contributed by atoms with Crippen LogP contribution >= 0.6 is 0 Å². The maximum atomic E-state index is 12.5. The second-order valence-corrected chi connectivity index (χ2v) is 6.75. The van der Waals surface area contributed by atoms with E-state index < -0.39 is 0 Å². The Hall–Kier alpha value is -3.13. The summed E-state index contributed by atoms with van der Waals surface area (Å²) in [5.41, 5.74) is 14.1. The number of aliphatic imine (C=N–C) groups is 1. The second kappa shape index (κ2) is 9.18. The van der Waals surface area contributed by atoms with E-state index in [1.807, 2.05) is 30.3 Å². The van der Waals surface area contributed by atoms with Gasteiger partial charge in [0.25, 0.3) is 0 Å². The number of ether oxygens (including phenoxy) is 1. The average Bonchev–Trinajstić information content (AvgIpc) is 3.49. The zero-order chi connectivity index (χ0) is 19.9. The van der Waals surface area contributed by atoms with E-state index in [-0.39, 0.29) is 12.1 Å². The molecule has 0 radical (unpaired) electrons. The van der Waals surface area contributed by atoms with Crippen LogP contribution in [0.1, 0.15) is 36.4 Å². The minimum atomic E-state index is -0.371. The number of hydrogen-bond acceptors (Lipinski definition) is 5. The fourth-order valence-corrected chi connectivity index (χ4v) is 2.78. The van der Waals surface area contributed by atoms with Gasteiger partial charge in [0, 0.05) is 31.7 Å². The van der Waals surface area contributed by atoms with Crippen LogP contribution in [0.3, 0.4) is 0 Å². The highest BCUT2D eigenvalue weighted by atomic mass is 16.5. The van der Waals surface area contributed by atoms with E-state index in [4.69, 9.17) is 16.2 Å². The standard InChI is InChI=1S/C20H26N6O2/c1-28-10-9-17(13-5-3-2-4-6-13)25-20(27)26-18-11-16(21)15(12-23-18)19(22)24-14-7-8-14/h2-6,11-12,14,17H,7-10H2,1H3,(H2,22,24)(H4,21,23,25,26,27)/t17-/m1/s1. The maximum Gasteiger partial charge on any atom is 0.320 e. The molecule has 3 rings (SSSR count). The number of pyridine rings is 1. The highest BCUT2D eigenvalue weighted by molar-refractivity contribution is 6.02. The predicted octanol–water partition coefficient (Wildman–Crippen LogP) is 2.43. The first-order valence-electron chi connectivity index (χ1n) is 9.27. The highest BCUT2D eigenvalue weighted by Crippen LogP contribution is 2.25. The van der Waals surface area contributed by atoms with E-state index in [1.165, 1.54) is 6.20 Å². The number of aromatic nitrogens is 1. The quantitative estimate of drug-likeness (QED) is 0.412. The summed E-state index contributed by atoms with van der Waals surface area (Å²) in [5.74, 6) is 0.726. The number of nitrogen functional groups attached to an aromatic ring is 1. The largest absolute Gasteiger partial charge is 0.398 e. The van der Waals surface area contributed by atoms with Crippen LogP contribution in [0, 0.1) is 0 Å². The highest BCUT2D eigenvalue weighted by Gasteiger charge is 2.21. The second-order valence-electron chi connectivity index (χ2n) is 6.75. The topological polar surface area (TPSA) is 128 Å². The van der Waals surface area contributed by atoms with Crippen molar-refractivity contribution in [3.8, 4) is 0 Å². The number of hydrogen-bond donors (Lipinski definition) is 4. The van der Waals surface area contributed by atoms with Gasteiger partial charge in [-0.05, 0) is 24.8 Å². The molecular formula is C20H26N6O2. The van der Waals surface area contributed by atoms with Gasteiger partial charge in [-0.3, -0.25) is 10.3 Å². The Bertz CT molecular complexity index is 836. The van der Waals surface area contributed by atoms with Crippen LogP contribution in [0.15, 0.2) is 47.6 Å². The van der Waals surface area contributed by atoms with Crippen LogP contribution in [0.5, 0.6) is 0 Å². The van der Waals surface area contributed by atoms with Gasteiger partial charge in [-0.25, -0.2) is 9.78 Å². The lowest BCUT2D eigenvalue weighted by atomic mass is 10.0. The van der Waals surface area contributed by atoms with Gasteiger partial charge in [0.2, 0.25) is 0 Å². The van der Waals surface area contributed by atoms with E-state index in [9.17, 15) is 4.79 Å². The Morgan fingerprint density at radius 1 is 1.36 bits per heavy atom. The van der Waals surface area contributed by atoms with Gasteiger partial charge in [0.05, 0.1) is 17.6 Å². The van der Waals surface area contributed by atoms with Crippen LogP contribution in [0.2, 0.25) is 0 Å². The van der Waals surface area contributed by atoms with Crippen molar-refractivity contribution in [3.05, 3.63) is 53.7 Å². The summed E-state index contributed by atoms with van der Waals surface area (Å²) in [5, 5.41) is 5.66. The molecule has 0 saturated heterocycles. The molecule has 0 bridgehead atoms. The molecule has 1 atom stereocenters. The SMILES string of the molecule is COCC[C@@H](NC(=O)Nc1cc(N)c(C(N)=NC2CC2)cn1)c1ccccc1.